The Morgan fingerprint density at radius 1 is 0.600 bits per heavy atom. The SMILES string of the molecule is Nc1ccn([C@H]2CS[C@@H](CO)O2)c(=O)n1.Nc1ccn([C@H]2CS[C@@H](CO)O2)c(=O)n1.Nc1ccn([C@H]2CS[C@@H](CO)O2)c(=O)n1. The van der Waals surface area contributed by atoms with Crippen molar-refractivity contribution < 1.29 is 29.5 Å². The average molecular weight is 688 g/mol. The van der Waals surface area contributed by atoms with Gasteiger partial charge in [-0.2, -0.15) is 15.0 Å². The van der Waals surface area contributed by atoms with Gasteiger partial charge in [0.15, 0.2) is 0 Å². The van der Waals surface area contributed by atoms with Crippen molar-refractivity contribution in [2.45, 2.75) is 35.0 Å². The minimum absolute atomic E-state index is 0.0572. The third kappa shape index (κ3) is 9.43. The number of aliphatic hydroxyl groups is 3. The molecule has 0 aromatic carbocycles. The summed E-state index contributed by atoms with van der Waals surface area (Å²) in [4.78, 5) is 45.1. The highest BCUT2D eigenvalue weighted by Gasteiger charge is 2.29. The molecular formula is C24H33N9O9S3. The zero-order chi connectivity index (χ0) is 32.5. The predicted octanol–water partition coefficient (Wildman–Crippen LogP) is -1.78. The van der Waals surface area contributed by atoms with E-state index in [9.17, 15) is 14.4 Å². The second-order valence-electron chi connectivity index (χ2n) is 9.24. The van der Waals surface area contributed by atoms with Crippen molar-refractivity contribution >= 4 is 52.7 Å². The summed E-state index contributed by atoms with van der Waals surface area (Å²) in [5.74, 6) is 2.45. The molecule has 246 valence electrons. The highest BCUT2D eigenvalue weighted by molar-refractivity contribution is 8.00. The van der Waals surface area contributed by atoms with Gasteiger partial charge in [-0.3, -0.25) is 13.7 Å². The van der Waals surface area contributed by atoms with Crippen molar-refractivity contribution in [1.82, 2.24) is 28.7 Å². The summed E-state index contributed by atoms with van der Waals surface area (Å²) in [7, 11) is 0. The smallest absolute Gasteiger partial charge is 0.351 e. The Bertz CT molecular complexity index is 1410. The van der Waals surface area contributed by atoms with E-state index >= 15 is 0 Å². The van der Waals surface area contributed by atoms with Gasteiger partial charge < -0.3 is 46.7 Å². The molecule has 9 N–H and O–H groups in total. The molecule has 0 saturated carbocycles. The van der Waals surface area contributed by atoms with Gasteiger partial charge in [0.1, 0.15) is 52.4 Å². The molecule has 3 aliphatic heterocycles. The Hall–Kier alpha value is -3.15. The minimum atomic E-state index is -0.431. The maximum Gasteiger partial charge on any atom is 0.351 e. The highest BCUT2D eigenvalue weighted by atomic mass is 32.2. The van der Waals surface area contributed by atoms with Gasteiger partial charge >= 0.3 is 17.1 Å². The van der Waals surface area contributed by atoms with Crippen molar-refractivity contribution in [3.8, 4) is 0 Å². The number of nitrogens with two attached hydrogens (primary N) is 3. The van der Waals surface area contributed by atoms with E-state index < -0.39 is 17.1 Å². The molecule has 6 heterocycles. The topological polar surface area (TPSA) is 271 Å². The van der Waals surface area contributed by atoms with Crippen LogP contribution in [-0.4, -0.2) is 97.4 Å². The molecule has 3 aromatic rings. The molecule has 6 atom stereocenters. The van der Waals surface area contributed by atoms with E-state index in [1.54, 1.807) is 36.8 Å². The summed E-state index contributed by atoms with van der Waals surface area (Å²) >= 11 is 4.40. The molecule has 0 unspecified atom stereocenters. The lowest BCUT2D eigenvalue weighted by Gasteiger charge is -2.13. The maximum absolute atomic E-state index is 11.4. The third-order valence-corrected chi connectivity index (χ3v) is 9.46. The summed E-state index contributed by atoms with van der Waals surface area (Å²) in [6.45, 7) is -0.172. The summed E-state index contributed by atoms with van der Waals surface area (Å²) < 4.78 is 20.4. The normalized spacial score (nSPS) is 25.7. The molecule has 45 heavy (non-hydrogen) atoms. The molecule has 21 heteroatoms. The van der Waals surface area contributed by atoms with E-state index in [0.717, 1.165) is 0 Å². The van der Waals surface area contributed by atoms with Crippen LogP contribution in [0.15, 0.2) is 51.2 Å². The van der Waals surface area contributed by atoms with Gasteiger partial charge in [-0.05, 0) is 18.2 Å². The molecular weight excluding hydrogens is 655 g/mol. The largest absolute Gasteiger partial charge is 0.393 e. The van der Waals surface area contributed by atoms with E-state index in [-0.39, 0.29) is 72.3 Å². The fraction of sp³-hybridized carbons (Fsp3) is 0.500. The van der Waals surface area contributed by atoms with Gasteiger partial charge in [-0.1, -0.05) is 0 Å². The van der Waals surface area contributed by atoms with Gasteiger partial charge in [0.05, 0.1) is 19.8 Å². The molecule has 3 saturated heterocycles. The van der Waals surface area contributed by atoms with Crippen molar-refractivity contribution in [2.75, 3.05) is 54.3 Å². The van der Waals surface area contributed by atoms with Gasteiger partial charge in [0.25, 0.3) is 0 Å². The van der Waals surface area contributed by atoms with Crippen LogP contribution in [0.4, 0.5) is 17.5 Å². The zero-order valence-electron chi connectivity index (χ0n) is 23.6. The summed E-state index contributed by atoms with van der Waals surface area (Å²) in [6, 6.07) is 4.63. The van der Waals surface area contributed by atoms with Gasteiger partial charge in [0, 0.05) is 35.8 Å². The van der Waals surface area contributed by atoms with Crippen LogP contribution in [0.3, 0.4) is 0 Å². The molecule has 3 aliphatic rings. The highest BCUT2D eigenvalue weighted by Crippen LogP contribution is 2.32. The average Bonchev–Trinajstić information content (AvgIpc) is 3.79. The van der Waals surface area contributed by atoms with Crippen LogP contribution in [-0.2, 0) is 14.2 Å². The molecule has 0 radical (unpaired) electrons. The number of nitrogens with zero attached hydrogens (tertiary/aromatic N) is 6. The van der Waals surface area contributed by atoms with Crippen LogP contribution in [0.25, 0.3) is 0 Å². The number of thioether (sulfide) groups is 3. The van der Waals surface area contributed by atoms with Crippen LogP contribution < -0.4 is 34.3 Å². The van der Waals surface area contributed by atoms with Crippen LogP contribution in [0.2, 0.25) is 0 Å². The lowest BCUT2D eigenvalue weighted by molar-refractivity contribution is -0.00634. The van der Waals surface area contributed by atoms with Gasteiger partial charge in [0.2, 0.25) is 0 Å². The fourth-order valence-corrected chi connectivity index (χ4v) is 6.78. The van der Waals surface area contributed by atoms with Crippen LogP contribution >= 0.6 is 35.3 Å². The first-order valence-electron chi connectivity index (χ1n) is 13.3. The van der Waals surface area contributed by atoms with Crippen molar-refractivity contribution in [3.05, 3.63) is 68.2 Å². The molecule has 3 fully saturated rings. The van der Waals surface area contributed by atoms with Crippen molar-refractivity contribution in [2.24, 2.45) is 0 Å². The lowest BCUT2D eigenvalue weighted by atomic mass is 10.5. The Kier molecular flexibility index (Phi) is 12.7. The fourth-order valence-electron chi connectivity index (χ4n) is 3.99. The number of rotatable bonds is 6. The molecule has 18 nitrogen and oxygen atoms in total. The van der Waals surface area contributed by atoms with E-state index in [2.05, 4.69) is 15.0 Å². The summed E-state index contributed by atoms with van der Waals surface area (Å²) in [5, 5.41) is 26.6. The monoisotopic (exact) mass is 687 g/mol. The molecule has 6 rings (SSSR count). The first-order chi connectivity index (χ1) is 21.6. The van der Waals surface area contributed by atoms with Crippen LogP contribution in [0, 0.1) is 0 Å². The van der Waals surface area contributed by atoms with E-state index in [0.29, 0.717) is 17.3 Å². The molecule has 0 spiro atoms. The quantitative estimate of drug-likeness (QED) is 0.167. The minimum Gasteiger partial charge on any atom is -0.393 e. The van der Waals surface area contributed by atoms with Crippen LogP contribution in [0.1, 0.15) is 18.7 Å². The van der Waals surface area contributed by atoms with Crippen molar-refractivity contribution in [1.29, 1.82) is 0 Å². The molecule has 0 aliphatic carbocycles. The predicted molar refractivity (Wildman–Crippen MR) is 169 cm³/mol. The van der Waals surface area contributed by atoms with Gasteiger partial charge in [-0.15, -0.1) is 35.3 Å². The number of hydrogen-bond acceptors (Lipinski definition) is 18. The summed E-state index contributed by atoms with van der Waals surface area (Å²) in [5.41, 5.74) is 14.0. The Morgan fingerprint density at radius 3 is 1.07 bits per heavy atom. The number of anilines is 3. The number of aliphatic hydroxyl groups excluding tert-OH is 3. The first kappa shape index (κ1) is 34.7. The lowest BCUT2D eigenvalue weighted by Crippen LogP contribution is -2.28. The molecule has 0 amide bonds. The molecule has 3 aromatic heterocycles. The van der Waals surface area contributed by atoms with E-state index in [1.165, 1.54) is 49.0 Å². The van der Waals surface area contributed by atoms with Gasteiger partial charge in [-0.25, -0.2) is 14.4 Å². The number of aromatic nitrogens is 6. The molecule has 0 bridgehead atoms. The second-order valence-corrected chi connectivity index (χ2v) is 12.8. The standard InChI is InChI=1S/3C8H11N3O3S/c3*9-5-1-2-11(8(13)10-5)6-4-15-7(3-12)14-6/h3*1-2,6-7,12H,3-4H2,(H2,9,10,13)/t3*6-,7+/m111/s1. The third-order valence-electron chi connectivity index (χ3n) is 6.13. The van der Waals surface area contributed by atoms with Crippen molar-refractivity contribution in [3.63, 3.8) is 0 Å². The van der Waals surface area contributed by atoms with E-state index in [4.69, 9.17) is 46.7 Å². The van der Waals surface area contributed by atoms with Crippen LogP contribution in [0.5, 0.6) is 0 Å². The Labute approximate surface area is 267 Å². The maximum atomic E-state index is 11.4. The Morgan fingerprint density at radius 2 is 0.867 bits per heavy atom. The number of hydrogen-bond donors (Lipinski definition) is 6. The zero-order valence-corrected chi connectivity index (χ0v) is 26.1. The summed E-state index contributed by atoms with van der Waals surface area (Å²) in [6.07, 6.45) is 3.55. The number of ether oxygens (including phenoxy) is 3. The first-order valence-corrected chi connectivity index (χ1v) is 16.4. The van der Waals surface area contributed by atoms with E-state index in [1.807, 2.05) is 0 Å². The second kappa shape index (κ2) is 16.4. The Balaban J connectivity index is 0.000000154. The number of nitrogen functional groups attached to an aromatic ring is 3.